The molecule has 88 valence electrons. The summed E-state index contributed by atoms with van der Waals surface area (Å²) in [7, 11) is 0. The van der Waals surface area contributed by atoms with E-state index in [0.29, 0.717) is 0 Å². The molecule has 2 aromatic rings. The van der Waals surface area contributed by atoms with Crippen molar-refractivity contribution >= 4 is 0 Å². The molecule has 0 fully saturated rings. The first-order chi connectivity index (χ1) is 7.97. The average Bonchev–Trinajstić information content (AvgIpc) is 2.28. The summed E-state index contributed by atoms with van der Waals surface area (Å²) in [5, 5.41) is 0. The molecular formula is C9H5F3N4O. The fourth-order valence-corrected chi connectivity index (χ4v) is 1.19. The van der Waals surface area contributed by atoms with Crippen LogP contribution in [0.5, 0.6) is 0 Å². The first-order valence-electron chi connectivity index (χ1n) is 4.41. The Morgan fingerprint density at radius 2 is 1.82 bits per heavy atom. The van der Waals surface area contributed by atoms with E-state index >= 15 is 0 Å². The van der Waals surface area contributed by atoms with E-state index in [0.717, 1.165) is 6.07 Å². The topological polar surface area (TPSA) is 71.5 Å². The van der Waals surface area contributed by atoms with Crippen molar-refractivity contribution in [1.29, 1.82) is 0 Å². The Morgan fingerprint density at radius 3 is 2.41 bits per heavy atom. The van der Waals surface area contributed by atoms with Crippen LogP contribution in [0.25, 0.3) is 11.3 Å². The first kappa shape index (κ1) is 11.2. The third kappa shape index (κ3) is 2.47. The molecule has 8 heteroatoms. The summed E-state index contributed by atoms with van der Waals surface area (Å²) < 4.78 is 37.3. The van der Waals surface area contributed by atoms with Crippen molar-refractivity contribution in [2.75, 3.05) is 0 Å². The highest BCUT2D eigenvalue weighted by Crippen LogP contribution is 2.28. The minimum atomic E-state index is -4.63. The number of halogens is 3. The van der Waals surface area contributed by atoms with Gasteiger partial charge in [0.05, 0.1) is 5.69 Å². The molecule has 0 aromatic carbocycles. The maximum Gasteiger partial charge on any atom is 0.431 e. The first-order valence-corrected chi connectivity index (χ1v) is 4.41. The van der Waals surface area contributed by atoms with Gasteiger partial charge in [0.25, 0.3) is 0 Å². The number of alkyl halides is 3. The van der Waals surface area contributed by atoms with Gasteiger partial charge in [-0.25, -0.2) is 14.8 Å². The van der Waals surface area contributed by atoms with E-state index in [-0.39, 0.29) is 11.3 Å². The SMILES string of the molecule is O=c1nc(-c2cncnc2)cc(C(F)(F)F)[nH]1. The number of hydrogen-bond donors (Lipinski definition) is 1. The summed E-state index contributed by atoms with van der Waals surface area (Å²) >= 11 is 0. The summed E-state index contributed by atoms with van der Waals surface area (Å²) in [6.45, 7) is 0. The Kier molecular flexibility index (Phi) is 2.62. The summed E-state index contributed by atoms with van der Waals surface area (Å²) in [4.78, 5) is 23.4. The minimum Gasteiger partial charge on any atom is -0.302 e. The van der Waals surface area contributed by atoms with Gasteiger partial charge < -0.3 is 4.98 Å². The van der Waals surface area contributed by atoms with Crippen LogP contribution in [0, 0.1) is 0 Å². The van der Waals surface area contributed by atoms with E-state index in [2.05, 4.69) is 15.0 Å². The maximum atomic E-state index is 12.4. The van der Waals surface area contributed by atoms with Crippen molar-refractivity contribution in [2.45, 2.75) is 6.18 Å². The molecule has 0 saturated heterocycles. The fraction of sp³-hybridized carbons (Fsp3) is 0.111. The molecule has 2 rings (SSSR count). The van der Waals surface area contributed by atoms with E-state index in [1.54, 1.807) is 4.98 Å². The van der Waals surface area contributed by atoms with Gasteiger partial charge in [-0.1, -0.05) is 0 Å². The zero-order valence-electron chi connectivity index (χ0n) is 8.19. The van der Waals surface area contributed by atoms with Crippen LogP contribution in [0.15, 0.2) is 29.6 Å². The molecule has 0 unspecified atom stereocenters. The zero-order chi connectivity index (χ0) is 12.5. The lowest BCUT2D eigenvalue weighted by atomic mass is 10.2. The van der Waals surface area contributed by atoms with Crippen molar-refractivity contribution < 1.29 is 13.2 Å². The molecule has 0 aliphatic heterocycles. The largest absolute Gasteiger partial charge is 0.431 e. The lowest BCUT2D eigenvalue weighted by Gasteiger charge is -2.07. The van der Waals surface area contributed by atoms with Gasteiger partial charge in [0.1, 0.15) is 12.0 Å². The van der Waals surface area contributed by atoms with E-state index in [1.807, 2.05) is 0 Å². The van der Waals surface area contributed by atoms with Gasteiger partial charge in [-0.05, 0) is 6.07 Å². The Hall–Kier alpha value is -2.25. The minimum absolute atomic E-state index is 0.123. The average molecular weight is 242 g/mol. The second-order valence-electron chi connectivity index (χ2n) is 3.11. The molecule has 17 heavy (non-hydrogen) atoms. The molecule has 0 radical (unpaired) electrons. The summed E-state index contributed by atoms with van der Waals surface area (Å²) in [6, 6.07) is 0.736. The lowest BCUT2D eigenvalue weighted by Crippen LogP contribution is -2.19. The van der Waals surface area contributed by atoms with Gasteiger partial charge in [0.2, 0.25) is 0 Å². The summed E-state index contributed by atoms with van der Waals surface area (Å²) in [5.41, 5.74) is -2.11. The number of nitrogens with zero attached hydrogens (tertiary/aromatic N) is 3. The number of aromatic nitrogens is 4. The van der Waals surface area contributed by atoms with Crippen LogP contribution in [0.4, 0.5) is 13.2 Å². The van der Waals surface area contributed by atoms with Crippen molar-refractivity contribution in [2.24, 2.45) is 0 Å². The standard InChI is InChI=1S/C9H5F3N4O/c10-9(11,12)7-1-6(15-8(17)16-7)5-2-13-4-14-3-5/h1-4H,(H,15,16,17). The highest BCUT2D eigenvalue weighted by Gasteiger charge is 2.32. The molecule has 0 atom stereocenters. The van der Waals surface area contributed by atoms with Gasteiger partial charge in [0, 0.05) is 18.0 Å². The van der Waals surface area contributed by atoms with Gasteiger partial charge >= 0.3 is 11.9 Å². The highest BCUT2D eigenvalue weighted by molar-refractivity contribution is 5.56. The van der Waals surface area contributed by atoms with Gasteiger partial charge in [-0.3, -0.25) is 0 Å². The Balaban J connectivity index is 2.58. The molecule has 2 aromatic heterocycles. The summed E-state index contributed by atoms with van der Waals surface area (Å²) in [5.74, 6) is 0. The molecule has 0 aliphatic rings. The van der Waals surface area contributed by atoms with Crippen molar-refractivity contribution in [3.63, 3.8) is 0 Å². The molecule has 5 nitrogen and oxygen atoms in total. The van der Waals surface area contributed by atoms with E-state index in [1.165, 1.54) is 18.7 Å². The number of hydrogen-bond acceptors (Lipinski definition) is 4. The molecule has 0 bridgehead atoms. The van der Waals surface area contributed by atoms with Crippen molar-refractivity contribution in [3.05, 3.63) is 41.0 Å². The summed E-state index contributed by atoms with van der Waals surface area (Å²) in [6.07, 6.45) is -0.863. The second kappa shape index (κ2) is 3.96. The van der Waals surface area contributed by atoms with E-state index in [4.69, 9.17) is 0 Å². The molecule has 0 spiro atoms. The Labute approximate surface area is 92.4 Å². The quantitative estimate of drug-likeness (QED) is 0.816. The monoisotopic (exact) mass is 242 g/mol. The lowest BCUT2D eigenvalue weighted by molar-refractivity contribution is -0.141. The molecule has 0 saturated carbocycles. The third-order valence-electron chi connectivity index (χ3n) is 1.91. The van der Waals surface area contributed by atoms with E-state index < -0.39 is 17.6 Å². The van der Waals surface area contributed by atoms with Crippen LogP contribution in [0.3, 0.4) is 0 Å². The molecular weight excluding hydrogens is 237 g/mol. The van der Waals surface area contributed by atoms with Crippen LogP contribution in [-0.2, 0) is 6.18 Å². The Morgan fingerprint density at radius 1 is 1.18 bits per heavy atom. The van der Waals surface area contributed by atoms with Crippen LogP contribution >= 0.6 is 0 Å². The predicted molar refractivity (Wildman–Crippen MR) is 50.9 cm³/mol. The molecule has 1 N–H and O–H groups in total. The normalized spacial score (nSPS) is 11.5. The van der Waals surface area contributed by atoms with Crippen molar-refractivity contribution in [1.82, 2.24) is 19.9 Å². The smallest absolute Gasteiger partial charge is 0.302 e. The van der Waals surface area contributed by atoms with Crippen LogP contribution in [0.2, 0.25) is 0 Å². The molecule has 0 aliphatic carbocycles. The van der Waals surface area contributed by atoms with Crippen molar-refractivity contribution in [3.8, 4) is 11.3 Å². The highest BCUT2D eigenvalue weighted by atomic mass is 19.4. The predicted octanol–water partition coefficient (Wildman–Crippen LogP) is 1.25. The third-order valence-corrected chi connectivity index (χ3v) is 1.91. The second-order valence-corrected chi connectivity index (χ2v) is 3.11. The zero-order valence-corrected chi connectivity index (χ0v) is 8.19. The van der Waals surface area contributed by atoms with Gasteiger partial charge in [-0.2, -0.15) is 18.2 Å². The fourth-order valence-electron chi connectivity index (χ4n) is 1.19. The number of rotatable bonds is 1. The maximum absolute atomic E-state index is 12.4. The van der Waals surface area contributed by atoms with Crippen LogP contribution in [0.1, 0.15) is 5.69 Å². The van der Waals surface area contributed by atoms with E-state index in [9.17, 15) is 18.0 Å². The molecule has 2 heterocycles. The number of aromatic amines is 1. The number of nitrogens with one attached hydrogen (secondary N) is 1. The van der Waals surface area contributed by atoms with Gasteiger partial charge in [-0.15, -0.1) is 0 Å². The van der Waals surface area contributed by atoms with Crippen LogP contribution in [-0.4, -0.2) is 19.9 Å². The molecule has 0 amide bonds. The van der Waals surface area contributed by atoms with Gasteiger partial charge in [0.15, 0.2) is 0 Å². The number of H-pyrrole nitrogens is 1. The Bertz CT molecular complexity index is 579. The van der Waals surface area contributed by atoms with Crippen LogP contribution < -0.4 is 5.69 Å².